The maximum absolute atomic E-state index is 3.89. The number of nitrogens with one attached hydrogen (secondary N) is 2. The molecular weight excluding hydrogens is 304 g/mol. The Morgan fingerprint density at radius 3 is 2.88 bits per heavy atom. The van der Waals surface area contributed by atoms with Crippen LogP contribution in [0, 0.1) is 0 Å². The van der Waals surface area contributed by atoms with Crippen molar-refractivity contribution >= 4 is 16.9 Å². The summed E-state index contributed by atoms with van der Waals surface area (Å²) < 4.78 is 0. The van der Waals surface area contributed by atoms with Gasteiger partial charge in [0.15, 0.2) is 0 Å². The van der Waals surface area contributed by atoms with Crippen LogP contribution in [0.25, 0.3) is 5.57 Å². The molecule has 0 fully saturated rings. The molecule has 2 nitrogen and oxygen atoms in total. The van der Waals surface area contributed by atoms with Gasteiger partial charge < -0.3 is 10.6 Å². The lowest BCUT2D eigenvalue weighted by Crippen LogP contribution is -2.35. The number of benzene rings is 1. The second-order valence-corrected chi connectivity index (χ2v) is 7.59. The molecular formula is C23H26N2. The van der Waals surface area contributed by atoms with E-state index in [2.05, 4.69) is 86.6 Å². The third-order valence-electron chi connectivity index (χ3n) is 5.66. The number of hydrogen-bond acceptors (Lipinski definition) is 2. The molecule has 2 aliphatic heterocycles. The van der Waals surface area contributed by atoms with E-state index in [9.17, 15) is 0 Å². The molecule has 2 heteroatoms. The Labute approximate surface area is 150 Å². The molecule has 1 aromatic rings. The molecule has 0 amide bonds. The predicted octanol–water partition coefficient (Wildman–Crippen LogP) is 5.58. The molecule has 0 saturated heterocycles. The maximum atomic E-state index is 3.89. The van der Waals surface area contributed by atoms with Crippen molar-refractivity contribution in [2.75, 3.05) is 10.6 Å². The summed E-state index contributed by atoms with van der Waals surface area (Å²) in [4.78, 5) is 0. The summed E-state index contributed by atoms with van der Waals surface area (Å²) in [6.07, 6.45) is 16.0. The number of anilines is 2. The highest BCUT2D eigenvalue weighted by molar-refractivity contribution is 5.93. The lowest BCUT2D eigenvalue weighted by Gasteiger charge is -2.30. The van der Waals surface area contributed by atoms with Gasteiger partial charge in [-0.25, -0.2) is 0 Å². The molecule has 25 heavy (non-hydrogen) atoms. The summed E-state index contributed by atoms with van der Waals surface area (Å²) >= 11 is 0. The van der Waals surface area contributed by atoms with E-state index >= 15 is 0 Å². The Balaban J connectivity index is 1.83. The van der Waals surface area contributed by atoms with E-state index in [1.807, 2.05) is 6.08 Å². The van der Waals surface area contributed by atoms with Gasteiger partial charge in [-0.2, -0.15) is 0 Å². The molecule has 1 aliphatic carbocycles. The second-order valence-electron chi connectivity index (χ2n) is 7.59. The molecule has 0 aromatic heterocycles. The lowest BCUT2D eigenvalue weighted by atomic mass is 9.76. The summed E-state index contributed by atoms with van der Waals surface area (Å²) in [7, 11) is 0. The molecule has 1 aromatic carbocycles. The Bertz CT molecular complexity index is 849. The van der Waals surface area contributed by atoms with Gasteiger partial charge in [0.2, 0.25) is 0 Å². The van der Waals surface area contributed by atoms with Crippen molar-refractivity contribution in [3.05, 3.63) is 77.9 Å². The minimum Gasteiger partial charge on any atom is -0.377 e. The molecule has 0 saturated carbocycles. The fourth-order valence-corrected chi connectivity index (χ4v) is 4.56. The number of allylic oxidation sites excluding steroid dienone is 5. The molecule has 4 rings (SSSR count). The summed E-state index contributed by atoms with van der Waals surface area (Å²) in [6.45, 7) is 10.6. The van der Waals surface area contributed by atoms with Crippen molar-refractivity contribution in [1.29, 1.82) is 0 Å². The van der Waals surface area contributed by atoms with E-state index in [0.29, 0.717) is 6.04 Å². The van der Waals surface area contributed by atoms with Crippen molar-refractivity contribution in [2.24, 2.45) is 0 Å². The number of rotatable bonds is 3. The number of fused-ring (bicyclic) bond motifs is 5. The molecule has 0 radical (unpaired) electrons. The molecule has 0 bridgehead atoms. The van der Waals surface area contributed by atoms with Crippen molar-refractivity contribution in [1.82, 2.24) is 0 Å². The average molecular weight is 330 g/mol. The van der Waals surface area contributed by atoms with Crippen LogP contribution in [0.2, 0.25) is 0 Å². The van der Waals surface area contributed by atoms with Gasteiger partial charge in [-0.3, -0.25) is 0 Å². The molecule has 2 atom stereocenters. The molecule has 2 unspecified atom stereocenters. The van der Waals surface area contributed by atoms with Crippen molar-refractivity contribution in [3.8, 4) is 0 Å². The van der Waals surface area contributed by atoms with Gasteiger partial charge in [0.05, 0.1) is 12.1 Å². The maximum Gasteiger partial charge on any atom is 0.0606 e. The Morgan fingerprint density at radius 2 is 2.12 bits per heavy atom. The van der Waals surface area contributed by atoms with Crippen LogP contribution in [0.1, 0.15) is 38.3 Å². The molecule has 2 heterocycles. The Morgan fingerprint density at radius 1 is 1.28 bits per heavy atom. The first kappa shape index (κ1) is 16.0. The van der Waals surface area contributed by atoms with E-state index in [4.69, 9.17) is 0 Å². The molecule has 2 N–H and O–H groups in total. The smallest absolute Gasteiger partial charge is 0.0606 e. The summed E-state index contributed by atoms with van der Waals surface area (Å²) in [5, 5.41) is 7.56. The molecule has 128 valence electrons. The monoisotopic (exact) mass is 330 g/mol. The third-order valence-corrected chi connectivity index (χ3v) is 5.66. The first-order valence-corrected chi connectivity index (χ1v) is 9.11. The van der Waals surface area contributed by atoms with Crippen LogP contribution in [0.15, 0.2) is 66.8 Å². The van der Waals surface area contributed by atoms with Crippen LogP contribution in [0.3, 0.4) is 0 Å². The highest BCUT2D eigenvalue weighted by Crippen LogP contribution is 2.52. The SMILES string of the molecule is C=C/C=C(\C=C/C)C1Nc2ccc3c(c2C1(C)C)NC1CC=CC=C31. The normalized spacial score (nSPS) is 25.7. The quantitative estimate of drug-likeness (QED) is 0.707. The van der Waals surface area contributed by atoms with Gasteiger partial charge in [0.25, 0.3) is 0 Å². The van der Waals surface area contributed by atoms with Gasteiger partial charge >= 0.3 is 0 Å². The topological polar surface area (TPSA) is 24.1 Å². The third kappa shape index (κ3) is 2.31. The molecule has 3 aliphatic rings. The summed E-state index contributed by atoms with van der Waals surface area (Å²) in [5.41, 5.74) is 8.01. The lowest BCUT2D eigenvalue weighted by molar-refractivity contribution is 0.508. The highest BCUT2D eigenvalue weighted by Gasteiger charge is 2.44. The van der Waals surface area contributed by atoms with E-state index in [1.54, 1.807) is 0 Å². The van der Waals surface area contributed by atoms with E-state index in [1.165, 1.54) is 33.6 Å². The van der Waals surface area contributed by atoms with Crippen LogP contribution >= 0.6 is 0 Å². The minimum absolute atomic E-state index is 0.0104. The zero-order valence-corrected chi connectivity index (χ0v) is 15.3. The predicted molar refractivity (Wildman–Crippen MR) is 109 cm³/mol. The first-order valence-electron chi connectivity index (χ1n) is 9.11. The summed E-state index contributed by atoms with van der Waals surface area (Å²) in [5.74, 6) is 0. The van der Waals surface area contributed by atoms with Crippen LogP contribution in [0.5, 0.6) is 0 Å². The van der Waals surface area contributed by atoms with Crippen molar-refractivity contribution in [3.63, 3.8) is 0 Å². The van der Waals surface area contributed by atoms with Crippen LogP contribution in [-0.2, 0) is 5.41 Å². The standard InChI is InChI=1S/C23H26N2/c1-5-9-15(10-6-2)22-23(3,4)20-19(25-22)14-13-17-16-11-7-8-12-18(16)24-21(17)20/h5-11,13-14,18,22,24-25H,1,12H2,2-4H3/b10-6-,15-9+. The van der Waals surface area contributed by atoms with Gasteiger partial charge in [0, 0.05) is 27.9 Å². The van der Waals surface area contributed by atoms with E-state index in [-0.39, 0.29) is 11.5 Å². The largest absolute Gasteiger partial charge is 0.377 e. The van der Waals surface area contributed by atoms with Crippen LogP contribution in [-0.4, -0.2) is 12.1 Å². The van der Waals surface area contributed by atoms with E-state index < -0.39 is 0 Å². The van der Waals surface area contributed by atoms with Crippen LogP contribution < -0.4 is 10.6 Å². The Hall–Kier alpha value is -2.48. The number of hydrogen-bond donors (Lipinski definition) is 2. The Kier molecular flexibility index (Phi) is 3.72. The second kappa shape index (κ2) is 5.80. The van der Waals surface area contributed by atoms with E-state index in [0.717, 1.165) is 6.42 Å². The van der Waals surface area contributed by atoms with Gasteiger partial charge in [-0.15, -0.1) is 0 Å². The van der Waals surface area contributed by atoms with Crippen molar-refractivity contribution < 1.29 is 0 Å². The average Bonchev–Trinajstić information content (AvgIpc) is 3.09. The zero-order chi connectivity index (χ0) is 17.6. The van der Waals surface area contributed by atoms with Gasteiger partial charge in [-0.05, 0) is 30.6 Å². The minimum atomic E-state index is -0.0104. The van der Waals surface area contributed by atoms with Crippen molar-refractivity contribution in [2.45, 2.75) is 44.7 Å². The van der Waals surface area contributed by atoms with Crippen LogP contribution in [0.4, 0.5) is 11.4 Å². The zero-order valence-electron chi connectivity index (χ0n) is 15.3. The fourth-order valence-electron chi connectivity index (χ4n) is 4.56. The van der Waals surface area contributed by atoms with Gasteiger partial charge in [-0.1, -0.05) is 69.0 Å². The molecule has 0 spiro atoms. The fraction of sp³-hybridized carbons (Fsp3) is 0.304. The first-order chi connectivity index (χ1) is 12.1. The van der Waals surface area contributed by atoms with Gasteiger partial charge in [0.1, 0.15) is 0 Å². The summed E-state index contributed by atoms with van der Waals surface area (Å²) in [6, 6.07) is 5.17. The highest BCUT2D eigenvalue weighted by atomic mass is 15.0.